The SMILES string of the molecule is COc1cc(/C=N/NC(=O)c2c(CN3CCOCC3)nnn2-c2nonc2N)cc(OC)c1OC. The van der Waals surface area contributed by atoms with E-state index in [1.165, 1.54) is 32.2 Å². The van der Waals surface area contributed by atoms with Crippen molar-refractivity contribution < 1.29 is 28.4 Å². The predicted molar refractivity (Wildman–Crippen MR) is 121 cm³/mol. The molecule has 1 aliphatic heterocycles. The quantitative estimate of drug-likeness (QED) is 0.302. The molecular formula is C20H25N9O6. The summed E-state index contributed by atoms with van der Waals surface area (Å²) >= 11 is 0. The summed E-state index contributed by atoms with van der Waals surface area (Å²) in [6.45, 7) is 2.94. The van der Waals surface area contributed by atoms with Crippen molar-refractivity contribution in [3.63, 3.8) is 0 Å². The fourth-order valence-corrected chi connectivity index (χ4v) is 3.50. The third kappa shape index (κ3) is 5.15. The molecule has 15 heteroatoms. The van der Waals surface area contributed by atoms with Gasteiger partial charge < -0.3 is 24.7 Å². The number of nitrogens with zero attached hydrogens (tertiary/aromatic N) is 7. The van der Waals surface area contributed by atoms with E-state index in [0.29, 0.717) is 61.4 Å². The zero-order chi connectivity index (χ0) is 24.8. The van der Waals surface area contributed by atoms with Crippen LogP contribution >= 0.6 is 0 Å². The average Bonchev–Trinajstić information content (AvgIpc) is 3.49. The van der Waals surface area contributed by atoms with Crippen molar-refractivity contribution in [3.05, 3.63) is 29.1 Å². The molecule has 0 saturated carbocycles. The zero-order valence-electron chi connectivity index (χ0n) is 19.4. The number of nitrogen functional groups attached to an aromatic ring is 1. The van der Waals surface area contributed by atoms with E-state index < -0.39 is 5.91 Å². The summed E-state index contributed by atoms with van der Waals surface area (Å²) in [5.74, 6) is 0.766. The lowest BCUT2D eigenvalue weighted by molar-refractivity contribution is 0.0335. The number of hydrazone groups is 1. The van der Waals surface area contributed by atoms with Gasteiger partial charge in [-0.2, -0.15) is 9.78 Å². The number of carbonyl (C=O) groups is 1. The summed E-state index contributed by atoms with van der Waals surface area (Å²) in [5, 5.41) is 19.6. The number of benzene rings is 1. The number of ether oxygens (including phenoxy) is 4. The maximum absolute atomic E-state index is 13.2. The number of hydrogen-bond acceptors (Lipinski definition) is 13. The predicted octanol–water partition coefficient (Wildman–Crippen LogP) is -0.146. The minimum atomic E-state index is -0.579. The molecule has 1 aromatic carbocycles. The minimum absolute atomic E-state index is 0.0391. The van der Waals surface area contributed by atoms with Crippen molar-refractivity contribution in [1.82, 2.24) is 35.6 Å². The minimum Gasteiger partial charge on any atom is -0.493 e. The molecule has 0 aliphatic carbocycles. The Labute approximate surface area is 199 Å². The van der Waals surface area contributed by atoms with Gasteiger partial charge in [0.2, 0.25) is 17.4 Å². The first kappa shape index (κ1) is 23.9. The Kier molecular flexibility index (Phi) is 7.37. The van der Waals surface area contributed by atoms with Gasteiger partial charge in [-0.15, -0.1) is 5.10 Å². The van der Waals surface area contributed by atoms with E-state index in [1.807, 2.05) is 0 Å². The molecule has 0 radical (unpaired) electrons. The van der Waals surface area contributed by atoms with Gasteiger partial charge in [0.25, 0.3) is 5.91 Å². The molecule has 1 aliphatic rings. The number of aromatic nitrogens is 5. The van der Waals surface area contributed by atoms with Crippen LogP contribution in [0.5, 0.6) is 17.2 Å². The third-order valence-corrected chi connectivity index (χ3v) is 5.20. The van der Waals surface area contributed by atoms with Crippen LogP contribution in [0, 0.1) is 0 Å². The van der Waals surface area contributed by atoms with Crippen LogP contribution in [0.3, 0.4) is 0 Å². The van der Waals surface area contributed by atoms with Crippen LogP contribution in [0.2, 0.25) is 0 Å². The molecule has 3 N–H and O–H groups in total. The highest BCUT2D eigenvalue weighted by Gasteiger charge is 2.26. The number of hydrogen-bond donors (Lipinski definition) is 2. The Morgan fingerprint density at radius 2 is 1.89 bits per heavy atom. The smallest absolute Gasteiger partial charge is 0.292 e. The average molecular weight is 487 g/mol. The number of nitrogens with one attached hydrogen (secondary N) is 1. The number of rotatable bonds is 9. The van der Waals surface area contributed by atoms with Gasteiger partial charge >= 0.3 is 0 Å². The molecule has 3 heterocycles. The lowest BCUT2D eigenvalue weighted by Crippen LogP contribution is -2.36. The molecule has 1 amide bonds. The van der Waals surface area contributed by atoms with E-state index in [-0.39, 0.29) is 17.3 Å². The van der Waals surface area contributed by atoms with Gasteiger partial charge in [-0.25, -0.2) is 10.1 Å². The first-order valence-corrected chi connectivity index (χ1v) is 10.5. The van der Waals surface area contributed by atoms with Crippen LogP contribution in [0.25, 0.3) is 5.82 Å². The molecule has 0 unspecified atom stereocenters. The van der Waals surface area contributed by atoms with Crippen LogP contribution in [0.1, 0.15) is 21.7 Å². The summed E-state index contributed by atoms with van der Waals surface area (Å²) in [7, 11) is 4.53. The van der Waals surface area contributed by atoms with Crippen molar-refractivity contribution >= 4 is 17.9 Å². The van der Waals surface area contributed by atoms with Gasteiger partial charge in [0, 0.05) is 25.2 Å². The standard InChI is InChI=1S/C20H25N9O6/c1-31-14-8-12(9-15(32-2)17(14)33-3)10-22-24-20(30)16-13(11-28-4-6-34-7-5-28)23-27-29(16)19-18(21)25-35-26-19/h8-10H,4-7,11H2,1-3H3,(H2,21,25)(H,24,30)/b22-10+. The van der Waals surface area contributed by atoms with Gasteiger partial charge in [-0.3, -0.25) is 9.69 Å². The number of nitrogens with two attached hydrogens (primary N) is 1. The van der Waals surface area contributed by atoms with E-state index in [9.17, 15) is 4.79 Å². The van der Waals surface area contributed by atoms with E-state index in [0.717, 1.165) is 0 Å². The molecule has 35 heavy (non-hydrogen) atoms. The maximum Gasteiger partial charge on any atom is 0.292 e. The highest BCUT2D eigenvalue weighted by molar-refractivity contribution is 5.95. The molecule has 186 valence electrons. The van der Waals surface area contributed by atoms with Gasteiger partial charge in [0.05, 0.1) is 40.8 Å². The molecule has 0 bridgehead atoms. The molecule has 1 fully saturated rings. The zero-order valence-corrected chi connectivity index (χ0v) is 19.4. The van der Waals surface area contributed by atoms with E-state index in [4.69, 9.17) is 24.7 Å². The Bertz CT molecular complexity index is 1180. The molecule has 0 atom stereocenters. The number of carbonyl (C=O) groups excluding carboxylic acids is 1. The highest BCUT2D eigenvalue weighted by Crippen LogP contribution is 2.37. The van der Waals surface area contributed by atoms with E-state index >= 15 is 0 Å². The van der Waals surface area contributed by atoms with E-state index in [1.54, 1.807) is 12.1 Å². The number of amides is 1. The van der Waals surface area contributed by atoms with Crippen LogP contribution in [-0.4, -0.2) is 90.0 Å². The maximum atomic E-state index is 13.2. The fraction of sp³-hybridized carbons (Fsp3) is 0.400. The lowest BCUT2D eigenvalue weighted by Gasteiger charge is -2.25. The Balaban J connectivity index is 1.59. The molecular weight excluding hydrogens is 462 g/mol. The van der Waals surface area contributed by atoms with Crippen LogP contribution in [0.4, 0.5) is 5.82 Å². The summed E-state index contributed by atoms with van der Waals surface area (Å²) in [6.07, 6.45) is 1.43. The fourth-order valence-electron chi connectivity index (χ4n) is 3.50. The van der Waals surface area contributed by atoms with E-state index in [2.05, 4.69) is 40.7 Å². The summed E-state index contributed by atoms with van der Waals surface area (Å²) < 4.78 is 27.2. The number of methoxy groups -OCH3 is 3. The summed E-state index contributed by atoms with van der Waals surface area (Å²) in [4.78, 5) is 15.3. The first-order chi connectivity index (χ1) is 17.0. The van der Waals surface area contributed by atoms with Gasteiger partial charge in [0.15, 0.2) is 17.2 Å². The largest absolute Gasteiger partial charge is 0.493 e. The highest BCUT2D eigenvalue weighted by atomic mass is 16.6. The first-order valence-electron chi connectivity index (χ1n) is 10.5. The van der Waals surface area contributed by atoms with Crippen molar-refractivity contribution in [2.45, 2.75) is 6.54 Å². The second kappa shape index (κ2) is 10.8. The topological polar surface area (TPSA) is 177 Å². The van der Waals surface area contributed by atoms with Gasteiger partial charge in [0.1, 0.15) is 5.69 Å². The second-order valence-electron chi connectivity index (χ2n) is 7.32. The van der Waals surface area contributed by atoms with Gasteiger partial charge in [-0.05, 0) is 22.4 Å². The number of anilines is 1. The second-order valence-corrected chi connectivity index (χ2v) is 7.32. The molecule has 4 rings (SSSR count). The monoisotopic (exact) mass is 487 g/mol. The normalized spacial score (nSPS) is 14.3. The van der Waals surface area contributed by atoms with Crippen molar-refractivity contribution in [2.75, 3.05) is 53.4 Å². The summed E-state index contributed by atoms with van der Waals surface area (Å²) in [6, 6.07) is 3.38. The van der Waals surface area contributed by atoms with Crippen LogP contribution in [-0.2, 0) is 11.3 Å². The van der Waals surface area contributed by atoms with Crippen molar-refractivity contribution in [3.8, 4) is 23.1 Å². The Morgan fingerprint density at radius 1 is 1.17 bits per heavy atom. The number of morpholine rings is 1. The molecule has 0 spiro atoms. The van der Waals surface area contributed by atoms with Gasteiger partial charge in [-0.1, -0.05) is 5.21 Å². The Hall–Kier alpha value is -4.24. The molecule has 3 aromatic rings. The van der Waals surface area contributed by atoms with Crippen molar-refractivity contribution in [2.24, 2.45) is 5.10 Å². The lowest BCUT2D eigenvalue weighted by atomic mass is 10.2. The summed E-state index contributed by atoms with van der Waals surface area (Å²) in [5.41, 5.74) is 9.41. The third-order valence-electron chi connectivity index (χ3n) is 5.20. The van der Waals surface area contributed by atoms with Crippen LogP contribution < -0.4 is 25.4 Å². The van der Waals surface area contributed by atoms with Crippen molar-refractivity contribution in [1.29, 1.82) is 0 Å². The molecule has 1 saturated heterocycles. The molecule has 15 nitrogen and oxygen atoms in total. The van der Waals surface area contributed by atoms with Crippen LogP contribution in [0.15, 0.2) is 21.9 Å². The molecule has 2 aromatic heterocycles. The Morgan fingerprint density at radius 3 is 2.49 bits per heavy atom.